The molecule has 0 spiro atoms. The Hall–Kier alpha value is -1.37. The third-order valence-electron chi connectivity index (χ3n) is 2.89. The van der Waals surface area contributed by atoms with E-state index in [4.69, 9.17) is 21.1 Å². The predicted octanol–water partition coefficient (Wildman–Crippen LogP) is 1.78. The van der Waals surface area contributed by atoms with Crippen molar-refractivity contribution in [3.63, 3.8) is 0 Å². The molecular formula is C11H12ClNO5. The highest BCUT2D eigenvalue weighted by atomic mass is 35.5. The summed E-state index contributed by atoms with van der Waals surface area (Å²) in [6.07, 6.45) is -1.05. The first-order valence-electron chi connectivity index (χ1n) is 5.34. The van der Waals surface area contributed by atoms with Gasteiger partial charge < -0.3 is 14.6 Å². The fourth-order valence-corrected chi connectivity index (χ4v) is 2.04. The van der Waals surface area contributed by atoms with E-state index in [1.165, 1.54) is 25.3 Å². The molecule has 3 unspecified atom stereocenters. The first-order valence-corrected chi connectivity index (χ1v) is 5.72. The van der Waals surface area contributed by atoms with Crippen molar-refractivity contribution in [1.29, 1.82) is 0 Å². The van der Waals surface area contributed by atoms with Gasteiger partial charge in [-0.25, -0.2) is 0 Å². The lowest BCUT2D eigenvalue weighted by Gasteiger charge is -2.39. The van der Waals surface area contributed by atoms with Crippen LogP contribution in [-0.4, -0.2) is 35.5 Å². The van der Waals surface area contributed by atoms with Crippen molar-refractivity contribution < 1.29 is 19.5 Å². The molecule has 1 fully saturated rings. The van der Waals surface area contributed by atoms with Crippen LogP contribution in [0.15, 0.2) is 18.2 Å². The zero-order chi connectivity index (χ0) is 13.3. The van der Waals surface area contributed by atoms with E-state index in [2.05, 4.69) is 0 Å². The minimum atomic E-state index is -0.591. The van der Waals surface area contributed by atoms with Crippen LogP contribution in [0.5, 0.6) is 5.75 Å². The van der Waals surface area contributed by atoms with Gasteiger partial charge in [-0.15, -0.1) is 0 Å². The summed E-state index contributed by atoms with van der Waals surface area (Å²) in [6, 6.07) is 4.19. The monoisotopic (exact) mass is 273 g/mol. The molecule has 1 aromatic rings. The Kier molecular flexibility index (Phi) is 3.70. The summed E-state index contributed by atoms with van der Waals surface area (Å²) in [5.41, 5.74) is -0.196. The van der Waals surface area contributed by atoms with Gasteiger partial charge in [-0.1, -0.05) is 11.6 Å². The lowest BCUT2D eigenvalue weighted by atomic mass is 9.88. The SMILES string of the molecule is COC1C(O)CC1Oc1ccc(Cl)cc1[N+](=O)[O-]. The van der Waals surface area contributed by atoms with Gasteiger partial charge in [-0.3, -0.25) is 10.1 Å². The summed E-state index contributed by atoms with van der Waals surface area (Å²) in [4.78, 5) is 10.3. The van der Waals surface area contributed by atoms with Gasteiger partial charge >= 0.3 is 5.69 Å². The Morgan fingerprint density at radius 1 is 1.56 bits per heavy atom. The molecule has 1 N–H and O–H groups in total. The number of ether oxygens (including phenoxy) is 2. The number of nitrogens with zero attached hydrogens (tertiary/aromatic N) is 1. The summed E-state index contributed by atoms with van der Waals surface area (Å²) in [6.45, 7) is 0. The summed E-state index contributed by atoms with van der Waals surface area (Å²) in [5, 5.41) is 20.6. The second-order valence-electron chi connectivity index (χ2n) is 4.03. The third-order valence-corrected chi connectivity index (χ3v) is 3.12. The molecule has 1 aliphatic carbocycles. The highest BCUT2D eigenvalue weighted by molar-refractivity contribution is 6.30. The molecule has 0 saturated heterocycles. The lowest BCUT2D eigenvalue weighted by Crippen LogP contribution is -2.54. The Bertz CT molecular complexity index is 467. The number of aliphatic hydroxyl groups is 1. The topological polar surface area (TPSA) is 81.8 Å². The van der Waals surface area contributed by atoms with Crippen LogP contribution in [0.2, 0.25) is 5.02 Å². The number of methoxy groups -OCH3 is 1. The van der Waals surface area contributed by atoms with E-state index in [0.717, 1.165) is 0 Å². The molecule has 0 radical (unpaired) electrons. The zero-order valence-corrected chi connectivity index (χ0v) is 10.3. The van der Waals surface area contributed by atoms with Crippen molar-refractivity contribution in [2.24, 2.45) is 0 Å². The van der Waals surface area contributed by atoms with E-state index < -0.39 is 17.1 Å². The molecule has 3 atom stereocenters. The predicted molar refractivity (Wildman–Crippen MR) is 63.9 cm³/mol. The van der Waals surface area contributed by atoms with E-state index in [0.29, 0.717) is 6.42 Å². The Morgan fingerprint density at radius 2 is 2.28 bits per heavy atom. The Morgan fingerprint density at radius 3 is 2.83 bits per heavy atom. The minimum absolute atomic E-state index is 0.128. The quantitative estimate of drug-likeness (QED) is 0.668. The summed E-state index contributed by atoms with van der Waals surface area (Å²) in [5.74, 6) is 0.128. The lowest BCUT2D eigenvalue weighted by molar-refractivity contribution is -0.386. The van der Waals surface area contributed by atoms with Crippen LogP contribution in [0, 0.1) is 10.1 Å². The van der Waals surface area contributed by atoms with Gasteiger partial charge in [-0.2, -0.15) is 0 Å². The fourth-order valence-electron chi connectivity index (χ4n) is 1.88. The highest BCUT2D eigenvalue weighted by Crippen LogP contribution is 2.35. The van der Waals surface area contributed by atoms with Gasteiger partial charge in [0.05, 0.1) is 11.0 Å². The number of benzene rings is 1. The molecule has 0 heterocycles. The molecule has 0 aliphatic heterocycles. The Balaban J connectivity index is 2.17. The molecule has 7 heteroatoms. The summed E-state index contributed by atoms with van der Waals surface area (Å²) >= 11 is 5.70. The molecule has 6 nitrogen and oxygen atoms in total. The molecule has 2 rings (SSSR count). The molecular weight excluding hydrogens is 262 g/mol. The second-order valence-corrected chi connectivity index (χ2v) is 4.47. The van der Waals surface area contributed by atoms with Gasteiger partial charge in [0.15, 0.2) is 5.75 Å². The normalized spacial score (nSPS) is 26.5. The number of hydrogen-bond donors (Lipinski definition) is 1. The minimum Gasteiger partial charge on any atom is -0.481 e. The number of rotatable bonds is 4. The molecule has 1 saturated carbocycles. The third kappa shape index (κ3) is 2.40. The smallest absolute Gasteiger partial charge is 0.312 e. The van der Waals surface area contributed by atoms with Gasteiger partial charge in [-0.05, 0) is 12.1 Å². The average Bonchev–Trinajstić information content (AvgIpc) is 2.30. The van der Waals surface area contributed by atoms with E-state index in [-0.39, 0.29) is 22.6 Å². The number of aliphatic hydroxyl groups excluding tert-OH is 1. The van der Waals surface area contributed by atoms with Crippen LogP contribution in [0.1, 0.15) is 6.42 Å². The van der Waals surface area contributed by atoms with Crippen molar-refractivity contribution in [3.8, 4) is 5.75 Å². The van der Waals surface area contributed by atoms with Crippen LogP contribution < -0.4 is 4.74 Å². The van der Waals surface area contributed by atoms with E-state index in [1.807, 2.05) is 0 Å². The van der Waals surface area contributed by atoms with Gasteiger partial charge in [0.2, 0.25) is 0 Å². The van der Waals surface area contributed by atoms with Crippen molar-refractivity contribution in [3.05, 3.63) is 33.3 Å². The Labute approximate surface area is 108 Å². The first-order chi connectivity index (χ1) is 8.52. The molecule has 1 aromatic carbocycles. The molecule has 0 amide bonds. The van der Waals surface area contributed by atoms with Crippen molar-refractivity contribution in [2.45, 2.75) is 24.7 Å². The largest absolute Gasteiger partial charge is 0.481 e. The zero-order valence-electron chi connectivity index (χ0n) is 9.58. The standard InChI is InChI=1S/C11H12ClNO5/c1-17-11-8(14)5-10(11)18-9-3-2-6(12)4-7(9)13(15)16/h2-4,8,10-11,14H,5H2,1H3. The number of nitro groups is 1. The van der Waals surface area contributed by atoms with Gasteiger partial charge in [0.1, 0.15) is 12.2 Å². The highest BCUT2D eigenvalue weighted by Gasteiger charge is 2.43. The second kappa shape index (κ2) is 5.09. The maximum Gasteiger partial charge on any atom is 0.312 e. The van der Waals surface area contributed by atoms with E-state index in [1.54, 1.807) is 0 Å². The van der Waals surface area contributed by atoms with Crippen LogP contribution in [0.3, 0.4) is 0 Å². The van der Waals surface area contributed by atoms with Crippen LogP contribution in [-0.2, 0) is 4.74 Å². The van der Waals surface area contributed by atoms with Crippen molar-refractivity contribution >= 4 is 17.3 Å². The fraction of sp³-hybridized carbons (Fsp3) is 0.455. The first kappa shape index (κ1) is 13.1. The molecule has 0 aromatic heterocycles. The number of nitro benzene ring substituents is 1. The maximum atomic E-state index is 10.9. The molecule has 98 valence electrons. The molecule has 0 bridgehead atoms. The van der Waals surface area contributed by atoms with Gasteiger partial charge in [0, 0.05) is 24.6 Å². The van der Waals surface area contributed by atoms with Gasteiger partial charge in [0.25, 0.3) is 0 Å². The van der Waals surface area contributed by atoms with Crippen LogP contribution >= 0.6 is 11.6 Å². The van der Waals surface area contributed by atoms with Crippen LogP contribution in [0.4, 0.5) is 5.69 Å². The van der Waals surface area contributed by atoms with E-state index >= 15 is 0 Å². The van der Waals surface area contributed by atoms with E-state index in [9.17, 15) is 15.2 Å². The van der Waals surface area contributed by atoms with Crippen molar-refractivity contribution in [1.82, 2.24) is 0 Å². The van der Waals surface area contributed by atoms with Crippen molar-refractivity contribution in [2.75, 3.05) is 7.11 Å². The molecule has 1 aliphatic rings. The summed E-state index contributed by atoms with van der Waals surface area (Å²) < 4.78 is 10.5. The number of hydrogen-bond acceptors (Lipinski definition) is 5. The van der Waals surface area contributed by atoms with Crippen LogP contribution in [0.25, 0.3) is 0 Å². The average molecular weight is 274 g/mol. The molecule has 18 heavy (non-hydrogen) atoms. The maximum absolute atomic E-state index is 10.9. The number of halogens is 1. The summed E-state index contributed by atoms with van der Waals surface area (Å²) in [7, 11) is 1.46.